The number of ether oxygens (including phenoxy) is 2. The number of rotatable bonds is 8. The van der Waals surface area contributed by atoms with E-state index in [0.29, 0.717) is 18.8 Å². The third-order valence-electron chi connectivity index (χ3n) is 2.33. The average Bonchev–Trinajstić information content (AvgIpc) is 2.35. The zero-order chi connectivity index (χ0) is 13.4. The fraction of sp³-hybridized carbons (Fsp3) is 0.500. The zero-order valence-corrected chi connectivity index (χ0v) is 10.9. The van der Waals surface area contributed by atoms with E-state index >= 15 is 0 Å². The number of carbonyl (C=O) groups excluding carboxylic acids is 1. The minimum atomic E-state index is -0.623. The lowest BCUT2D eigenvalue weighted by Gasteiger charge is -2.12. The van der Waals surface area contributed by atoms with Gasteiger partial charge in [-0.3, -0.25) is 4.79 Å². The molecule has 4 heteroatoms. The van der Waals surface area contributed by atoms with Gasteiger partial charge in [-0.25, -0.2) is 0 Å². The lowest BCUT2D eigenvalue weighted by Crippen LogP contribution is -2.23. The first kappa shape index (κ1) is 14.7. The van der Waals surface area contributed by atoms with Crippen LogP contribution in [0.25, 0.3) is 0 Å². The maximum absolute atomic E-state index is 10.9. The van der Waals surface area contributed by atoms with Gasteiger partial charge in [0, 0.05) is 13.0 Å². The van der Waals surface area contributed by atoms with Crippen molar-refractivity contribution in [1.82, 2.24) is 0 Å². The number of aliphatic hydroxyl groups is 1. The number of benzene rings is 1. The molecule has 1 unspecified atom stereocenters. The Morgan fingerprint density at radius 3 is 2.50 bits per heavy atom. The van der Waals surface area contributed by atoms with Crippen molar-refractivity contribution in [3.05, 3.63) is 29.8 Å². The van der Waals surface area contributed by atoms with Crippen LogP contribution in [0.5, 0.6) is 5.75 Å². The summed E-state index contributed by atoms with van der Waals surface area (Å²) in [7, 11) is 0. The van der Waals surface area contributed by atoms with Crippen LogP contribution < -0.4 is 4.74 Å². The van der Waals surface area contributed by atoms with Gasteiger partial charge in [0.1, 0.15) is 24.2 Å². The zero-order valence-electron chi connectivity index (χ0n) is 10.9. The first-order chi connectivity index (χ1) is 8.61. The van der Waals surface area contributed by atoms with Crippen molar-refractivity contribution in [2.24, 2.45) is 0 Å². The lowest BCUT2D eigenvalue weighted by atomic mass is 10.1. The molecule has 4 nitrogen and oxygen atoms in total. The molecule has 1 aromatic rings. The summed E-state index contributed by atoms with van der Waals surface area (Å²) >= 11 is 0. The molecule has 18 heavy (non-hydrogen) atoms. The van der Waals surface area contributed by atoms with E-state index < -0.39 is 6.10 Å². The highest BCUT2D eigenvalue weighted by Crippen LogP contribution is 2.13. The summed E-state index contributed by atoms with van der Waals surface area (Å²) in [5, 5.41) is 9.52. The van der Waals surface area contributed by atoms with Gasteiger partial charge in [-0.1, -0.05) is 12.1 Å². The van der Waals surface area contributed by atoms with E-state index in [-0.39, 0.29) is 19.0 Å². The fourth-order valence-corrected chi connectivity index (χ4v) is 1.49. The van der Waals surface area contributed by atoms with Crippen LogP contribution in [-0.2, 0) is 16.0 Å². The smallest absolute Gasteiger partial charge is 0.134 e. The van der Waals surface area contributed by atoms with Crippen molar-refractivity contribution in [3.63, 3.8) is 0 Å². The fourth-order valence-electron chi connectivity index (χ4n) is 1.49. The van der Waals surface area contributed by atoms with E-state index in [2.05, 4.69) is 0 Å². The molecule has 0 heterocycles. The summed E-state index contributed by atoms with van der Waals surface area (Å²) in [6.07, 6.45) is -0.186. The summed E-state index contributed by atoms with van der Waals surface area (Å²) in [4.78, 5) is 10.9. The molecule has 0 amide bonds. The normalized spacial score (nSPS) is 12.2. The monoisotopic (exact) mass is 252 g/mol. The van der Waals surface area contributed by atoms with Crippen LogP contribution >= 0.6 is 0 Å². The van der Waals surface area contributed by atoms with E-state index in [9.17, 15) is 9.90 Å². The van der Waals surface area contributed by atoms with Gasteiger partial charge in [-0.15, -0.1) is 0 Å². The molecule has 0 aromatic heterocycles. The molecule has 0 aliphatic rings. The van der Waals surface area contributed by atoms with Crippen LogP contribution in [0.15, 0.2) is 24.3 Å². The number of carbonyl (C=O) groups is 1. The van der Waals surface area contributed by atoms with Gasteiger partial charge in [0.05, 0.1) is 6.61 Å². The van der Waals surface area contributed by atoms with E-state index in [0.717, 1.165) is 5.56 Å². The van der Waals surface area contributed by atoms with Gasteiger partial charge < -0.3 is 14.6 Å². The number of ketones is 1. The largest absolute Gasteiger partial charge is 0.491 e. The van der Waals surface area contributed by atoms with Gasteiger partial charge in [0.15, 0.2) is 0 Å². The molecule has 1 atom stereocenters. The highest BCUT2D eigenvalue weighted by Gasteiger charge is 2.05. The van der Waals surface area contributed by atoms with Crippen molar-refractivity contribution in [2.75, 3.05) is 19.8 Å². The Hall–Kier alpha value is -1.39. The molecule has 1 N–H and O–H groups in total. The highest BCUT2D eigenvalue weighted by molar-refractivity contribution is 5.78. The van der Waals surface area contributed by atoms with Crippen LogP contribution in [0.3, 0.4) is 0 Å². The molecule has 0 fully saturated rings. The van der Waals surface area contributed by atoms with E-state index in [4.69, 9.17) is 9.47 Å². The summed E-state index contributed by atoms with van der Waals surface area (Å²) in [6, 6.07) is 7.30. The standard InChI is InChI=1S/C14H20O4/c1-3-17-9-13(16)10-18-14-6-4-12(5-7-14)8-11(2)15/h4-7,13,16H,3,8-10H2,1-2H3. The van der Waals surface area contributed by atoms with Gasteiger partial charge in [-0.05, 0) is 31.5 Å². The third kappa shape index (κ3) is 5.80. The lowest BCUT2D eigenvalue weighted by molar-refractivity contribution is -0.116. The van der Waals surface area contributed by atoms with Gasteiger partial charge in [0.25, 0.3) is 0 Å². The maximum Gasteiger partial charge on any atom is 0.134 e. The second-order valence-corrected chi connectivity index (χ2v) is 4.15. The molecule has 100 valence electrons. The Morgan fingerprint density at radius 2 is 1.94 bits per heavy atom. The second kappa shape index (κ2) is 7.84. The summed E-state index contributed by atoms with van der Waals surface area (Å²) in [5.74, 6) is 0.814. The summed E-state index contributed by atoms with van der Waals surface area (Å²) in [6.45, 7) is 4.50. The number of aliphatic hydroxyl groups excluding tert-OH is 1. The minimum absolute atomic E-state index is 0.135. The van der Waals surface area contributed by atoms with Crippen LogP contribution in [0.1, 0.15) is 19.4 Å². The molecule has 0 saturated heterocycles. The third-order valence-corrected chi connectivity index (χ3v) is 2.33. The minimum Gasteiger partial charge on any atom is -0.491 e. The molecular weight excluding hydrogens is 232 g/mol. The second-order valence-electron chi connectivity index (χ2n) is 4.15. The van der Waals surface area contributed by atoms with E-state index in [1.165, 1.54) is 0 Å². The molecule has 0 radical (unpaired) electrons. The van der Waals surface area contributed by atoms with Crippen molar-refractivity contribution in [1.29, 1.82) is 0 Å². The summed E-state index contributed by atoms with van der Waals surface area (Å²) in [5.41, 5.74) is 0.963. The van der Waals surface area contributed by atoms with Crippen LogP contribution in [0.4, 0.5) is 0 Å². The molecule has 0 bridgehead atoms. The Bertz CT molecular complexity index is 359. The Labute approximate surface area is 108 Å². The molecule has 1 aromatic carbocycles. The Kier molecular flexibility index (Phi) is 6.39. The van der Waals surface area contributed by atoms with Gasteiger partial charge >= 0.3 is 0 Å². The number of Topliss-reactive ketones (excluding diaryl/α,β-unsaturated/α-hetero) is 1. The first-order valence-electron chi connectivity index (χ1n) is 6.08. The highest BCUT2D eigenvalue weighted by atomic mass is 16.5. The van der Waals surface area contributed by atoms with Crippen LogP contribution in [0, 0.1) is 0 Å². The Morgan fingerprint density at radius 1 is 1.28 bits per heavy atom. The predicted octanol–water partition coefficient (Wildman–Crippen LogP) is 1.59. The van der Waals surface area contributed by atoms with Gasteiger partial charge in [0.2, 0.25) is 0 Å². The van der Waals surface area contributed by atoms with Crippen molar-refractivity contribution < 1.29 is 19.4 Å². The van der Waals surface area contributed by atoms with Crippen molar-refractivity contribution in [2.45, 2.75) is 26.4 Å². The molecule has 0 aliphatic heterocycles. The number of hydrogen-bond acceptors (Lipinski definition) is 4. The Balaban J connectivity index is 2.36. The average molecular weight is 252 g/mol. The molecular formula is C14H20O4. The van der Waals surface area contributed by atoms with E-state index in [1.807, 2.05) is 19.1 Å². The molecule has 0 aliphatic carbocycles. The van der Waals surface area contributed by atoms with Crippen LogP contribution in [0.2, 0.25) is 0 Å². The summed E-state index contributed by atoms with van der Waals surface area (Å²) < 4.78 is 10.5. The quantitative estimate of drug-likeness (QED) is 0.763. The van der Waals surface area contributed by atoms with Gasteiger partial charge in [-0.2, -0.15) is 0 Å². The maximum atomic E-state index is 10.9. The van der Waals surface area contributed by atoms with E-state index in [1.54, 1.807) is 19.1 Å². The van der Waals surface area contributed by atoms with Crippen molar-refractivity contribution in [3.8, 4) is 5.75 Å². The topological polar surface area (TPSA) is 55.8 Å². The number of hydrogen-bond donors (Lipinski definition) is 1. The van der Waals surface area contributed by atoms with Crippen LogP contribution in [-0.4, -0.2) is 36.8 Å². The molecule has 0 saturated carbocycles. The molecule has 1 rings (SSSR count). The SMILES string of the molecule is CCOCC(O)COc1ccc(CC(C)=O)cc1. The van der Waals surface area contributed by atoms with Crippen molar-refractivity contribution >= 4 is 5.78 Å². The predicted molar refractivity (Wildman–Crippen MR) is 68.8 cm³/mol. The first-order valence-corrected chi connectivity index (χ1v) is 6.08. The molecule has 0 spiro atoms.